The van der Waals surface area contributed by atoms with Gasteiger partial charge in [0.25, 0.3) is 0 Å². The predicted octanol–water partition coefficient (Wildman–Crippen LogP) is 3.82. The van der Waals surface area contributed by atoms with Crippen molar-refractivity contribution in [1.29, 1.82) is 0 Å². The number of rotatable bonds is 4. The zero-order valence-corrected chi connectivity index (χ0v) is 12.6. The molecular weight excluding hydrogens is 258 g/mol. The molecule has 1 aliphatic rings. The lowest BCUT2D eigenvalue weighted by Gasteiger charge is -2.19. The van der Waals surface area contributed by atoms with Crippen LogP contribution in [0.2, 0.25) is 0 Å². The minimum absolute atomic E-state index is 0.0457. The summed E-state index contributed by atoms with van der Waals surface area (Å²) in [5.41, 5.74) is 11.9. The lowest BCUT2D eigenvalue weighted by Crippen LogP contribution is -2.14. The molecule has 0 fully saturated rings. The van der Waals surface area contributed by atoms with Gasteiger partial charge in [-0.25, -0.2) is 0 Å². The molecule has 2 aromatic carbocycles. The molecule has 0 saturated carbocycles. The molecule has 2 aromatic rings. The maximum atomic E-state index is 6.41. The summed E-state index contributed by atoms with van der Waals surface area (Å²) in [6, 6.07) is 15.0. The SMILES string of the molecule is COc1cccc(CC(N)c2ccc3c(c2)CCCC3)c1. The highest BCUT2D eigenvalue weighted by Crippen LogP contribution is 2.26. The fourth-order valence-electron chi connectivity index (χ4n) is 3.16. The molecule has 0 saturated heterocycles. The smallest absolute Gasteiger partial charge is 0.119 e. The number of methoxy groups -OCH3 is 1. The summed E-state index contributed by atoms with van der Waals surface area (Å²) in [4.78, 5) is 0. The quantitative estimate of drug-likeness (QED) is 0.924. The summed E-state index contributed by atoms with van der Waals surface area (Å²) in [6.07, 6.45) is 5.90. The number of hydrogen-bond donors (Lipinski definition) is 1. The van der Waals surface area contributed by atoms with E-state index < -0.39 is 0 Å². The first-order valence-corrected chi connectivity index (χ1v) is 7.76. The molecule has 1 aliphatic carbocycles. The van der Waals surface area contributed by atoms with Crippen LogP contribution in [-0.2, 0) is 19.3 Å². The van der Waals surface area contributed by atoms with E-state index >= 15 is 0 Å². The van der Waals surface area contributed by atoms with Gasteiger partial charge in [0.15, 0.2) is 0 Å². The maximum Gasteiger partial charge on any atom is 0.119 e. The van der Waals surface area contributed by atoms with Crippen molar-refractivity contribution in [2.75, 3.05) is 7.11 Å². The molecule has 0 amide bonds. The first-order chi connectivity index (χ1) is 10.3. The average Bonchev–Trinajstić information content (AvgIpc) is 2.54. The molecule has 0 heterocycles. The molecule has 2 N–H and O–H groups in total. The molecule has 0 aliphatic heterocycles. The van der Waals surface area contributed by atoms with Crippen LogP contribution in [0.15, 0.2) is 42.5 Å². The topological polar surface area (TPSA) is 35.2 Å². The van der Waals surface area contributed by atoms with Gasteiger partial charge in [0.1, 0.15) is 5.75 Å². The largest absolute Gasteiger partial charge is 0.497 e. The van der Waals surface area contributed by atoms with Gasteiger partial charge in [0.05, 0.1) is 7.11 Å². The first kappa shape index (κ1) is 14.2. The van der Waals surface area contributed by atoms with Crippen molar-refractivity contribution >= 4 is 0 Å². The fourth-order valence-corrected chi connectivity index (χ4v) is 3.16. The highest BCUT2D eigenvalue weighted by atomic mass is 16.5. The van der Waals surface area contributed by atoms with Crippen LogP contribution in [0.5, 0.6) is 5.75 Å². The maximum absolute atomic E-state index is 6.41. The van der Waals surface area contributed by atoms with Crippen molar-refractivity contribution in [1.82, 2.24) is 0 Å². The van der Waals surface area contributed by atoms with Crippen molar-refractivity contribution in [2.45, 2.75) is 38.1 Å². The Morgan fingerprint density at radius 1 is 1.05 bits per heavy atom. The summed E-state index contributed by atoms with van der Waals surface area (Å²) >= 11 is 0. The van der Waals surface area contributed by atoms with Gasteiger partial charge < -0.3 is 10.5 Å². The van der Waals surface area contributed by atoms with Crippen molar-refractivity contribution in [3.05, 3.63) is 64.7 Å². The molecule has 2 nitrogen and oxygen atoms in total. The molecule has 0 bridgehead atoms. The monoisotopic (exact) mass is 281 g/mol. The molecule has 0 radical (unpaired) electrons. The Morgan fingerprint density at radius 2 is 1.86 bits per heavy atom. The third kappa shape index (κ3) is 3.27. The van der Waals surface area contributed by atoms with Crippen LogP contribution in [0.4, 0.5) is 0 Å². The lowest BCUT2D eigenvalue weighted by molar-refractivity contribution is 0.414. The zero-order valence-electron chi connectivity index (χ0n) is 12.6. The summed E-state index contributed by atoms with van der Waals surface area (Å²) in [6.45, 7) is 0. The molecule has 2 heteroatoms. The van der Waals surface area contributed by atoms with Gasteiger partial charge in [-0.15, -0.1) is 0 Å². The minimum Gasteiger partial charge on any atom is -0.497 e. The van der Waals surface area contributed by atoms with E-state index in [-0.39, 0.29) is 6.04 Å². The fraction of sp³-hybridized carbons (Fsp3) is 0.368. The predicted molar refractivity (Wildman–Crippen MR) is 86.7 cm³/mol. The van der Waals surface area contributed by atoms with Crippen LogP contribution >= 0.6 is 0 Å². The number of hydrogen-bond acceptors (Lipinski definition) is 2. The molecule has 0 aromatic heterocycles. The van der Waals surface area contributed by atoms with Crippen LogP contribution in [0, 0.1) is 0 Å². The summed E-state index contributed by atoms with van der Waals surface area (Å²) in [5, 5.41) is 0. The molecule has 0 spiro atoms. The van der Waals surface area contributed by atoms with E-state index in [4.69, 9.17) is 10.5 Å². The lowest BCUT2D eigenvalue weighted by atomic mass is 9.88. The Bertz CT molecular complexity index is 621. The number of nitrogens with two attached hydrogens (primary N) is 1. The van der Waals surface area contributed by atoms with Gasteiger partial charge in [0, 0.05) is 6.04 Å². The molecule has 1 atom stereocenters. The number of aryl methyl sites for hydroxylation is 2. The highest BCUT2D eigenvalue weighted by Gasteiger charge is 2.13. The molecule has 21 heavy (non-hydrogen) atoms. The normalized spacial score (nSPS) is 15.3. The van der Waals surface area contributed by atoms with E-state index in [0.29, 0.717) is 0 Å². The number of fused-ring (bicyclic) bond motifs is 1. The molecular formula is C19H23NO. The summed E-state index contributed by atoms with van der Waals surface area (Å²) in [5.74, 6) is 0.894. The Balaban J connectivity index is 1.76. The van der Waals surface area contributed by atoms with Gasteiger partial charge in [0.2, 0.25) is 0 Å². The van der Waals surface area contributed by atoms with E-state index in [0.717, 1.165) is 12.2 Å². The van der Waals surface area contributed by atoms with E-state index in [1.54, 1.807) is 7.11 Å². The van der Waals surface area contributed by atoms with Crippen molar-refractivity contribution in [3.8, 4) is 5.75 Å². The van der Waals surface area contributed by atoms with E-state index in [2.05, 4.69) is 30.3 Å². The second-order valence-corrected chi connectivity index (χ2v) is 5.90. The van der Waals surface area contributed by atoms with Gasteiger partial charge in [-0.3, -0.25) is 0 Å². The Kier molecular flexibility index (Phi) is 4.26. The van der Waals surface area contributed by atoms with Gasteiger partial charge in [-0.05, 0) is 66.5 Å². The van der Waals surface area contributed by atoms with E-state index in [9.17, 15) is 0 Å². The first-order valence-electron chi connectivity index (χ1n) is 7.76. The van der Waals surface area contributed by atoms with Crippen molar-refractivity contribution in [3.63, 3.8) is 0 Å². The van der Waals surface area contributed by atoms with Gasteiger partial charge in [-0.2, -0.15) is 0 Å². The average molecular weight is 281 g/mol. The Labute approximate surface area is 126 Å². The standard InChI is InChI=1S/C19H23NO/c1-21-18-8-4-5-14(11-18)12-19(20)17-10-9-15-6-2-3-7-16(15)13-17/h4-5,8-11,13,19H,2-3,6-7,12,20H2,1H3. The zero-order chi connectivity index (χ0) is 14.7. The number of ether oxygens (including phenoxy) is 1. The van der Waals surface area contributed by atoms with Crippen LogP contribution in [0.1, 0.15) is 41.1 Å². The molecule has 1 unspecified atom stereocenters. The van der Waals surface area contributed by atoms with Gasteiger partial charge in [-0.1, -0.05) is 30.3 Å². The van der Waals surface area contributed by atoms with Gasteiger partial charge >= 0.3 is 0 Å². The van der Waals surface area contributed by atoms with Crippen LogP contribution < -0.4 is 10.5 Å². The van der Waals surface area contributed by atoms with Crippen LogP contribution in [-0.4, -0.2) is 7.11 Å². The second-order valence-electron chi connectivity index (χ2n) is 5.90. The van der Waals surface area contributed by atoms with E-state index in [1.807, 2.05) is 12.1 Å². The highest BCUT2D eigenvalue weighted by molar-refractivity contribution is 5.36. The second kappa shape index (κ2) is 6.31. The minimum atomic E-state index is 0.0457. The third-order valence-electron chi connectivity index (χ3n) is 4.39. The Hall–Kier alpha value is -1.80. The van der Waals surface area contributed by atoms with Crippen LogP contribution in [0.3, 0.4) is 0 Å². The van der Waals surface area contributed by atoms with Crippen molar-refractivity contribution < 1.29 is 4.74 Å². The number of benzene rings is 2. The molecule has 110 valence electrons. The summed E-state index contributed by atoms with van der Waals surface area (Å²) < 4.78 is 5.28. The Morgan fingerprint density at radius 3 is 2.67 bits per heavy atom. The molecule has 3 rings (SSSR count). The van der Waals surface area contributed by atoms with Crippen LogP contribution in [0.25, 0.3) is 0 Å². The van der Waals surface area contributed by atoms with E-state index in [1.165, 1.54) is 47.9 Å². The van der Waals surface area contributed by atoms with Crippen molar-refractivity contribution in [2.24, 2.45) is 5.73 Å². The third-order valence-corrected chi connectivity index (χ3v) is 4.39. The summed E-state index contributed by atoms with van der Waals surface area (Å²) in [7, 11) is 1.70.